The number of aryl methyl sites for hydroxylation is 1. The molecule has 2 aliphatic heterocycles. The van der Waals surface area contributed by atoms with Crippen LogP contribution in [0.5, 0.6) is 11.5 Å². The van der Waals surface area contributed by atoms with Crippen molar-refractivity contribution in [2.24, 2.45) is 0 Å². The van der Waals surface area contributed by atoms with E-state index in [1.54, 1.807) is 13.8 Å². The lowest BCUT2D eigenvalue weighted by molar-refractivity contribution is -0.231. The fourth-order valence-corrected chi connectivity index (χ4v) is 5.89. The number of rotatable bonds is 11. The molecule has 0 aliphatic carbocycles. The van der Waals surface area contributed by atoms with Gasteiger partial charge in [-0.1, -0.05) is 31.2 Å². The number of hydrogen-bond acceptors (Lipinski definition) is 10. The van der Waals surface area contributed by atoms with Gasteiger partial charge in [0.2, 0.25) is 0 Å². The summed E-state index contributed by atoms with van der Waals surface area (Å²) < 4.78 is 45.7. The summed E-state index contributed by atoms with van der Waals surface area (Å²) in [5.41, 5.74) is 3.83. The lowest BCUT2D eigenvalue weighted by Crippen LogP contribution is -2.55. The molecule has 0 unspecified atom stereocenters. The summed E-state index contributed by atoms with van der Waals surface area (Å²) >= 11 is 0. The molecule has 2 aromatic rings. The molecule has 0 saturated carbocycles. The van der Waals surface area contributed by atoms with Gasteiger partial charge in [0.15, 0.2) is 11.5 Å². The average Bonchev–Trinajstić information content (AvgIpc) is 2.91. The van der Waals surface area contributed by atoms with Crippen molar-refractivity contribution in [2.75, 3.05) is 33.0 Å². The van der Waals surface area contributed by atoms with Gasteiger partial charge in [0.25, 0.3) is 0 Å². The van der Waals surface area contributed by atoms with Crippen molar-refractivity contribution in [2.45, 2.75) is 64.1 Å². The Labute approximate surface area is 223 Å². The first kappa shape index (κ1) is 29.0. The van der Waals surface area contributed by atoms with E-state index in [2.05, 4.69) is 6.92 Å². The van der Waals surface area contributed by atoms with Crippen LogP contribution in [0.2, 0.25) is 0 Å². The highest BCUT2D eigenvalue weighted by Gasteiger charge is 2.45. The van der Waals surface area contributed by atoms with E-state index in [0.717, 1.165) is 28.9 Å². The molecule has 4 rings (SSSR count). The SMILES string of the molecule is CCOP(=O)(OCC)OC[C@H]1O[C@@H](c2ccc(CC)c(Cc3ccc4c(c3)OCCO4)c2)[C@H](O)[C@@H](O)[C@@H]1O. The third-order valence-corrected chi connectivity index (χ3v) is 8.24. The Kier molecular flexibility index (Phi) is 9.84. The molecule has 210 valence electrons. The van der Waals surface area contributed by atoms with Crippen molar-refractivity contribution in [3.8, 4) is 11.5 Å². The fraction of sp³-hybridized carbons (Fsp3) is 0.556. The number of fused-ring (bicyclic) bond motifs is 1. The third-order valence-electron chi connectivity index (χ3n) is 6.62. The molecule has 3 N–H and O–H groups in total. The number of hydrogen-bond donors (Lipinski definition) is 3. The Morgan fingerprint density at radius 2 is 1.55 bits per heavy atom. The first-order valence-corrected chi connectivity index (χ1v) is 14.5. The highest BCUT2D eigenvalue weighted by atomic mass is 31.2. The minimum absolute atomic E-state index is 0.102. The zero-order valence-corrected chi connectivity index (χ0v) is 22.8. The van der Waals surface area contributed by atoms with Crippen molar-refractivity contribution < 1.29 is 47.7 Å². The van der Waals surface area contributed by atoms with Gasteiger partial charge in [-0.05, 0) is 61.1 Å². The van der Waals surface area contributed by atoms with Crippen LogP contribution >= 0.6 is 7.82 Å². The maximum Gasteiger partial charge on any atom is 0.474 e. The van der Waals surface area contributed by atoms with Gasteiger partial charge in [-0.2, -0.15) is 0 Å². The number of phosphoric ester groups is 1. The summed E-state index contributed by atoms with van der Waals surface area (Å²) in [6.45, 7) is 6.24. The van der Waals surface area contributed by atoms with E-state index in [0.29, 0.717) is 30.9 Å². The van der Waals surface area contributed by atoms with Crippen LogP contribution in [0, 0.1) is 0 Å². The molecular formula is C27H37O10P. The minimum Gasteiger partial charge on any atom is -0.486 e. The maximum atomic E-state index is 12.7. The molecule has 0 radical (unpaired) electrons. The monoisotopic (exact) mass is 552 g/mol. The van der Waals surface area contributed by atoms with Gasteiger partial charge < -0.3 is 29.5 Å². The molecular weight excluding hydrogens is 515 g/mol. The average molecular weight is 553 g/mol. The van der Waals surface area contributed by atoms with E-state index in [-0.39, 0.29) is 19.8 Å². The largest absolute Gasteiger partial charge is 0.486 e. The van der Waals surface area contributed by atoms with E-state index in [1.165, 1.54) is 0 Å². The van der Waals surface area contributed by atoms with Crippen molar-refractivity contribution in [1.82, 2.24) is 0 Å². The van der Waals surface area contributed by atoms with Crippen LogP contribution < -0.4 is 9.47 Å². The maximum absolute atomic E-state index is 12.7. The number of aliphatic hydroxyl groups excluding tert-OH is 3. The van der Waals surface area contributed by atoms with E-state index < -0.39 is 38.3 Å². The molecule has 5 atom stereocenters. The van der Waals surface area contributed by atoms with Gasteiger partial charge in [-0.3, -0.25) is 13.6 Å². The zero-order valence-electron chi connectivity index (χ0n) is 21.9. The van der Waals surface area contributed by atoms with Crippen LogP contribution in [0.25, 0.3) is 0 Å². The summed E-state index contributed by atoms with van der Waals surface area (Å²) in [6.07, 6.45) is -4.99. The number of benzene rings is 2. The number of phosphoric acid groups is 1. The second kappa shape index (κ2) is 12.9. The predicted octanol–water partition coefficient (Wildman–Crippen LogP) is 3.33. The van der Waals surface area contributed by atoms with Crippen molar-refractivity contribution in [3.63, 3.8) is 0 Å². The van der Waals surface area contributed by atoms with Gasteiger partial charge in [0, 0.05) is 0 Å². The van der Waals surface area contributed by atoms with E-state index in [1.807, 2.05) is 36.4 Å². The molecule has 0 spiro atoms. The first-order valence-electron chi connectivity index (χ1n) is 13.0. The molecule has 0 bridgehead atoms. The second-order valence-corrected chi connectivity index (χ2v) is 10.9. The van der Waals surface area contributed by atoms with Crippen molar-refractivity contribution in [3.05, 3.63) is 58.7 Å². The highest BCUT2D eigenvalue weighted by molar-refractivity contribution is 7.48. The molecule has 2 aromatic carbocycles. The summed E-state index contributed by atoms with van der Waals surface area (Å²) in [5, 5.41) is 32.0. The van der Waals surface area contributed by atoms with Crippen LogP contribution in [0.4, 0.5) is 0 Å². The number of aliphatic hydroxyl groups is 3. The van der Waals surface area contributed by atoms with Crippen molar-refractivity contribution in [1.29, 1.82) is 0 Å². The van der Waals surface area contributed by atoms with Gasteiger partial charge in [0.05, 0.1) is 19.8 Å². The Balaban J connectivity index is 1.55. The molecule has 0 aromatic heterocycles. The molecule has 1 saturated heterocycles. The van der Waals surface area contributed by atoms with Crippen LogP contribution in [-0.4, -0.2) is 72.8 Å². The quantitative estimate of drug-likeness (QED) is 0.357. The zero-order chi connectivity index (χ0) is 27.3. The molecule has 11 heteroatoms. The van der Waals surface area contributed by atoms with Crippen LogP contribution in [0.1, 0.15) is 49.1 Å². The smallest absolute Gasteiger partial charge is 0.474 e. The molecule has 0 amide bonds. The normalized spacial score (nSPS) is 25.4. The fourth-order valence-electron chi connectivity index (χ4n) is 4.71. The number of ether oxygens (including phenoxy) is 3. The van der Waals surface area contributed by atoms with E-state index in [9.17, 15) is 19.9 Å². The predicted molar refractivity (Wildman–Crippen MR) is 139 cm³/mol. The Morgan fingerprint density at radius 1 is 0.842 bits per heavy atom. The molecule has 2 aliphatic rings. The van der Waals surface area contributed by atoms with Gasteiger partial charge in [0.1, 0.15) is 43.7 Å². The summed E-state index contributed by atoms with van der Waals surface area (Å²) in [4.78, 5) is 0. The van der Waals surface area contributed by atoms with Crippen LogP contribution in [-0.2, 0) is 35.7 Å². The van der Waals surface area contributed by atoms with E-state index >= 15 is 0 Å². The standard InChI is InChI=1S/C27H37O10P/c1-4-18-8-9-19(15-20(18)13-17-7-10-21-22(14-17)33-12-11-32-21)27-26(30)25(29)24(28)23(37-27)16-36-38(31,34-5-2)35-6-3/h7-10,14-15,23-30H,4-6,11-13,16H2,1-3H3/t23-,24-,25+,26-,27+/m1/s1. The van der Waals surface area contributed by atoms with Crippen molar-refractivity contribution >= 4 is 7.82 Å². The topological polar surface area (TPSA) is 133 Å². The van der Waals surface area contributed by atoms with Crippen LogP contribution in [0.15, 0.2) is 36.4 Å². The third kappa shape index (κ3) is 6.58. The molecule has 2 heterocycles. The molecule has 1 fully saturated rings. The lowest BCUT2D eigenvalue weighted by Gasteiger charge is -2.41. The van der Waals surface area contributed by atoms with Gasteiger partial charge >= 0.3 is 7.82 Å². The van der Waals surface area contributed by atoms with Gasteiger partial charge in [-0.25, -0.2) is 4.57 Å². The van der Waals surface area contributed by atoms with Gasteiger partial charge in [-0.15, -0.1) is 0 Å². The van der Waals surface area contributed by atoms with Crippen LogP contribution in [0.3, 0.4) is 0 Å². The lowest BCUT2D eigenvalue weighted by atomic mass is 9.88. The highest BCUT2D eigenvalue weighted by Crippen LogP contribution is 2.50. The minimum atomic E-state index is -3.86. The summed E-state index contributed by atoms with van der Waals surface area (Å²) in [5.74, 6) is 1.44. The molecule has 38 heavy (non-hydrogen) atoms. The molecule has 10 nitrogen and oxygen atoms in total. The Hall–Kier alpha value is -2.01. The first-order chi connectivity index (χ1) is 18.3. The second-order valence-electron chi connectivity index (χ2n) is 9.18. The Morgan fingerprint density at radius 3 is 2.24 bits per heavy atom. The summed E-state index contributed by atoms with van der Waals surface area (Å²) in [6, 6.07) is 11.6. The Bertz CT molecular complexity index is 1120. The van der Waals surface area contributed by atoms with E-state index in [4.69, 9.17) is 27.8 Å². The summed E-state index contributed by atoms with van der Waals surface area (Å²) in [7, 11) is -3.86.